The monoisotopic (exact) mass is 530 g/mol. The van der Waals surface area contributed by atoms with Crippen molar-refractivity contribution in [3.63, 3.8) is 0 Å². The minimum atomic E-state index is -4.63. The summed E-state index contributed by atoms with van der Waals surface area (Å²) in [6, 6.07) is 5.65. The van der Waals surface area contributed by atoms with E-state index >= 15 is 0 Å². The number of alkyl halides is 3. The van der Waals surface area contributed by atoms with Crippen molar-refractivity contribution in [1.82, 2.24) is 0 Å². The van der Waals surface area contributed by atoms with Crippen LogP contribution in [0.3, 0.4) is 0 Å². The molecule has 0 radical (unpaired) electrons. The fourth-order valence-electron chi connectivity index (χ4n) is 5.70. The quantitative estimate of drug-likeness (QED) is 0.286. The molecule has 7 nitrogen and oxygen atoms in total. The number of halogens is 3. The van der Waals surface area contributed by atoms with Gasteiger partial charge in [0.2, 0.25) is 0 Å². The fourth-order valence-corrected chi connectivity index (χ4v) is 5.70. The van der Waals surface area contributed by atoms with E-state index in [0.29, 0.717) is 44.3 Å². The number of benzene rings is 1. The second kappa shape index (κ2) is 13.3. The lowest BCUT2D eigenvalue weighted by Crippen LogP contribution is -2.30. The zero-order valence-corrected chi connectivity index (χ0v) is 21.4. The van der Waals surface area contributed by atoms with Crippen LogP contribution in [0.25, 0.3) is 0 Å². The number of esters is 1. The minimum Gasteiger partial charge on any atom is -0.482 e. The lowest BCUT2D eigenvalue weighted by atomic mass is 9.73. The van der Waals surface area contributed by atoms with Crippen LogP contribution in [0.5, 0.6) is 5.75 Å². The maximum absolute atomic E-state index is 12.5. The van der Waals surface area contributed by atoms with Gasteiger partial charge in [0, 0.05) is 0 Å². The van der Waals surface area contributed by atoms with E-state index in [1.54, 1.807) is 6.07 Å². The van der Waals surface area contributed by atoms with E-state index in [0.717, 1.165) is 30.4 Å². The average Bonchev–Trinajstić information content (AvgIpc) is 3.18. The predicted molar refractivity (Wildman–Crippen MR) is 128 cm³/mol. The first-order valence-electron chi connectivity index (χ1n) is 13.0. The molecule has 1 aromatic carbocycles. The lowest BCUT2D eigenvalue weighted by molar-refractivity contribution is -0.167. The van der Waals surface area contributed by atoms with Crippen LogP contribution >= 0.6 is 0 Å². The Hall–Kier alpha value is -2.49. The van der Waals surface area contributed by atoms with Crippen LogP contribution in [-0.4, -0.2) is 55.9 Å². The van der Waals surface area contributed by atoms with E-state index in [4.69, 9.17) is 9.47 Å². The zero-order chi connectivity index (χ0) is 27.0. The van der Waals surface area contributed by atoms with Crippen LogP contribution < -0.4 is 4.74 Å². The third-order valence-corrected chi connectivity index (χ3v) is 7.47. The highest BCUT2D eigenvalue weighted by atomic mass is 19.4. The highest BCUT2D eigenvalue weighted by Crippen LogP contribution is 2.49. The molecule has 1 fully saturated rings. The van der Waals surface area contributed by atoms with Crippen molar-refractivity contribution in [2.75, 3.05) is 20.3 Å². The van der Waals surface area contributed by atoms with E-state index in [9.17, 15) is 27.9 Å². The summed E-state index contributed by atoms with van der Waals surface area (Å²) in [5.74, 6) is 0.232. The van der Waals surface area contributed by atoms with Crippen molar-refractivity contribution < 1.29 is 46.8 Å². The van der Waals surface area contributed by atoms with Crippen molar-refractivity contribution >= 4 is 12.1 Å². The molecule has 10 heteroatoms. The van der Waals surface area contributed by atoms with Gasteiger partial charge in [-0.2, -0.15) is 13.2 Å². The van der Waals surface area contributed by atoms with Crippen molar-refractivity contribution in [2.24, 2.45) is 17.8 Å². The standard InChI is InChI=1S/C27H37F3O7/c1-3-4-5-8-19(31)10-11-20-21-12-17-7-6-9-23(35-15-25(32)34-2)22(17)13-18(21)14-24(20)37-26(33)36-16-27(28,29)30/h6-7,9,18-21,24,31H,3-5,8,10-16H2,1-2H3/t18-,19+,20+,21-,24+/m0/s1. The summed E-state index contributed by atoms with van der Waals surface area (Å²) in [7, 11) is 1.29. The van der Waals surface area contributed by atoms with Gasteiger partial charge in [0.25, 0.3) is 0 Å². The largest absolute Gasteiger partial charge is 0.508 e. The highest BCUT2D eigenvalue weighted by molar-refractivity contribution is 5.71. The molecule has 2 aliphatic carbocycles. The second-order valence-corrected chi connectivity index (χ2v) is 10.0. The van der Waals surface area contributed by atoms with Gasteiger partial charge in [-0.15, -0.1) is 0 Å². The number of carbonyl (C=O) groups is 2. The first kappa shape index (κ1) is 29.1. The van der Waals surface area contributed by atoms with Crippen LogP contribution in [0.1, 0.15) is 63.0 Å². The predicted octanol–water partition coefficient (Wildman–Crippen LogP) is 5.39. The Labute approximate surface area is 215 Å². The van der Waals surface area contributed by atoms with E-state index in [-0.39, 0.29) is 24.4 Å². The third kappa shape index (κ3) is 8.51. The molecule has 1 aromatic rings. The van der Waals surface area contributed by atoms with Crippen LogP contribution in [-0.2, 0) is 31.8 Å². The number of aliphatic hydroxyl groups excluding tert-OH is 1. The van der Waals surface area contributed by atoms with Crippen molar-refractivity contribution in [3.05, 3.63) is 29.3 Å². The number of ether oxygens (including phenoxy) is 4. The summed E-state index contributed by atoms with van der Waals surface area (Å²) in [5.41, 5.74) is 2.05. The summed E-state index contributed by atoms with van der Waals surface area (Å²) < 4.78 is 57.6. The molecule has 0 aromatic heterocycles. The molecule has 5 atom stereocenters. The van der Waals surface area contributed by atoms with Crippen LogP contribution in [0, 0.1) is 17.8 Å². The molecular weight excluding hydrogens is 493 g/mol. The van der Waals surface area contributed by atoms with Crippen molar-refractivity contribution in [1.29, 1.82) is 0 Å². The van der Waals surface area contributed by atoms with E-state index in [1.807, 2.05) is 12.1 Å². The zero-order valence-electron chi connectivity index (χ0n) is 21.4. The Morgan fingerprint density at radius 2 is 1.95 bits per heavy atom. The topological polar surface area (TPSA) is 91.3 Å². The summed E-state index contributed by atoms with van der Waals surface area (Å²) in [6.07, 6.45) is -0.396. The molecule has 0 unspecified atom stereocenters. The first-order valence-corrected chi connectivity index (χ1v) is 13.0. The van der Waals surface area contributed by atoms with Gasteiger partial charge < -0.3 is 24.1 Å². The Bertz CT molecular complexity index is 904. The van der Waals surface area contributed by atoms with Crippen molar-refractivity contribution in [3.8, 4) is 5.75 Å². The molecule has 2 aliphatic rings. The number of hydrogen-bond donors (Lipinski definition) is 1. The van der Waals surface area contributed by atoms with Gasteiger partial charge in [0.05, 0.1) is 13.2 Å². The number of fused-ring (bicyclic) bond motifs is 2. The lowest BCUT2D eigenvalue weighted by Gasteiger charge is -2.32. The average molecular weight is 531 g/mol. The molecular formula is C27H37F3O7. The van der Waals surface area contributed by atoms with Gasteiger partial charge in [0.15, 0.2) is 13.2 Å². The molecule has 0 amide bonds. The summed E-state index contributed by atoms with van der Waals surface area (Å²) >= 11 is 0. The maximum Gasteiger partial charge on any atom is 0.508 e. The second-order valence-electron chi connectivity index (χ2n) is 10.0. The smallest absolute Gasteiger partial charge is 0.482 e. The molecule has 0 heterocycles. The fraction of sp³-hybridized carbons (Fsp3) is 0.704. The van der Waals surface area contributed by atoms with E-state index < -0.39 is 37.1 Å². The summed E-state index contributed by atoms with van der Waals surface area (Å²) in [6.45, 7) is 0.187. The molecule has 208 valence electrons. The summed E-state index contributed by atoms with van der Waals surface area (Å²) in [5, 5.41) is 10.5. The Morgan fingerprint density at radius 1 is 1.16 bits per heavy atom. The van der Waals surface area contributed by atoms with Gasteiger partial charge in [-0.1, -0.05) is 38.3 Å². The molecule has 37 heavy (non-hydrogen) atoms. The third-order valence-electron chi connectivity index (χ3n) is 7.47. The molecule has 0 saturated heterocycles. The molecule has 0 aliphatic heterocycles. The van der Waals surface area contributed by atoms with Crippen LogP contribution in [0.4, 0.5) is 18.0 Å². The number of aliphatic hydroxyl groups is 1. The van der Waals surface area contributed by atoms with Gasteiger partial charge in [-0.05, 0) is 73.5 Å². The highest BCUT2D eigenvalue weighted by Gasteiger charge is 2.47. The minimum absolute atomic E-state index is 0.109. The Morgan fingerprint density at radius 3 is 2.65 bits per heavy atom. The van der Waals surface area contributed by atoms with Gasteiger partial charge in [-0.3, -0.25) is 0 Å². The molecule has 0 spiro atoms. The molecule has 3 rings (SSSR count). The van der Waals surface area contributed by atoms with Gasteiger partial charge in [-0.25, -0.2) is 9.59 Å². The normalized spacial score (nSPS) is 23.5. The number of methoxy groups -OCH3 is 1. The Kier molecular flexibility index (Phi) is 10.5. The number of carbonyl (C=O) groups excluding carboxylic acids is 2. The van der Waals surface area contributed by atoms with E-state index in [2.05, 4.69) is 16.4 Å². The Balaban J connectivity index is 1.72. The van der Waals surface area contributed by atoms with E-state index in [1.165, 1.54) is 7.11 Å². The maximum atomic E-state index is 12.5. The van der Waals surface area contributed by atoms with Crippen LogP contribution in [0.2, 0.25) is 0 Å². The molecule has 0 bridgehead atoms. The number of rotatable bonds is 12. The first-order chi connectivity index (χ1) is 17.6. The summed E-state index contributed by atoms with van der Waals surface area (Å²) in [4.78, 5) is 23.7. The van der Waals surface area contributed by atoms with Crippen molar-refractivity contribution in [2.45, 2.75) is 83.1 Å². The number of hydrogen-bond acceptors (Lipinski definition) is 7. The van der Waals surface area contributed by atoms with Gasteiger partial charge in [0.1, 0.15) is 11.9 Å². The molecule has 1 N–H and O–H groups in total. The number of unbranched alkanes of at least 4 members (excludes halogenated alkanes) is 2. The van der Waals surface area contributed by atoms with Gasteiger partial charge >= 0.3 is 18.3 Å². The molecule has 1 saturated carbocycles. The SMILES string of the molecule is CCCCC[C@@H](O)CC[C@@H]1[C@H]2Cc3cccc(OCC(=O)OC)c3C[C@H]2C[C@H]1OC(=O)OCC(F)(F)F. The van der Waals surface area contributed by atoms with Crippen LogP contribution in [0.15, 0.2) is 18.2 Å².